The number of pyridine rings is 1. The second kappa shape index (κ2) is 9.55. The number of ether oxygens (including phenoxy) is 1. The second-order valence-electron chi connectivity index (χ2n) is 6.68. The number of hydrogen-bond acceptors (Lipinski definition) is 6. The van der Waals surface area contributed by atoms with Crippen LogP contribution in [0.1, 0.15) is 35.8 Å². The molecule has 8 nitrogen and oxygen atoms in total. The largest absolute Gasteiger partial charge is 0.450 e. The van der Waals surface area contributed by atoms with Crippen molar-refractivity contribution in [2.75, 3.05) is 25.0 Å². The van der Waals surface area contributed by atoms with E-state index in [0.717, 1.165) is 11.4 Å². The second-order valence-corrected chi connectivity index (χ2v) is 6.68. The first kappa shape index (κ1) is 20.1. The zero-order valence-electron chi connectivity index (χ0n) is 16.2. The molecule has 0 atom stereocenters. The van der Waals surface area contributed by atoms with Gasteiger partial charge < -0.3 is 20.3 Å². The minimum Gasteiger partial charge on any atom is -0.450 e. The molecule has 1 saturated heterocycles. The lowest BCUT2D eigenvalue weighted by Crippen LogP contribution is -2.46. The van der Waals surface area contributed by atoms with Crippen LogP contribution in [0.4, 0.5) is 16.2 Å². The Kier molecular flexibility index (Phi) is 6.63. The molecular formula is C21H23N5O3. The number of anilines is 2. The van der Waals surface area contributed by atoms with Crippen LogP contribution in [0.2, 0.25) is 0 Å². The summed E-state index contributed by atoms with van der Waals surface area (Å²) < 4.78 is 5.00. The van der Waals surface area contributed by atoms with Crippen molar-refractivity contribution >= 4 is 23.4 Å². The van der Waals surface area contributed by atoms with Crippen molar-refractivity contribution in [2.45, 2.75) is 25.8 Å². The molecule has 0 radical (unpaired) electrons. The van der Waals surface area contributed by atoms with Gasteiger partial charge >= 0.3 is 6.09 Å². The zero-order chi connectivity index (χ0) is 20.6. The van der Waals surface area contributed by atoms with Crippen molar-refractivity contribution in [3.63, 3.8) is 0 Å². The molecule has 0 saturated carbocycles. The highest BCUT2D eigenvalue weighted by Gasteiger charge is 2.25. The number of amides is 2. The Morgan fingerprint density at radius 2 is 2.03 bits per heavy atom. The minimum absolute atomic E-state index is 0.00139. The summed E-state index contributed by atoms with van der Waals surface area (Å²) in [6, 6.07) is 12.6. The fraction of sp³-hybridized carbons (Fsp3) is 0.333. The first-order valence-corrected chi connectivity index (χ1v) is 9.55. The average molecular weight is 393 g/mol. The van der Waals surface area contributed by atoms with Gasteiger partial charge in [-0.1, -0.05) is 6.07 Å². The van der Waals surface area contributed by atoms with Gasteiger partial charge in [-0.3, -0.25) is 4.79 Å². The number of aromatic nitrogens is 1. The van der Waals surface area contributed by atoms with Crippen molar-refractivity contribution in [3.8, 4) is 6.07 Å². The number of carbonyl (C=O) groups excluding carboxylic acids is 2. The number of piperidine rings is 1. The summed E-state index contributed by atoms with van der Waals surface area (Å²) in [5, 5.41) is 15.1. The van der Waals surface area contributed by atoms with Gasteiger partial charge in [0.15, 0.2) is 0 Å². The highest BCUT2D eigenvalue weighted by atomic mass is 16.6. The first-order chi connectivity index (χ1) is 14.1. The Hall–Kier alpha value is -3.60. The van der Waals surface area contributed by atoms with Crippen LogP contribution in [-0.2, 0) is 4.74 Å². The molecule has 2 heterocycles. The fourth-order valence-corrected chi connectivity index (χ4v) is 3.12. The van der Waals surface area contributed by atoms with Gasteiger partial charge in [-0.05, 0) is 50.1 Å². The normalized spacial score (nSPS) is 14.0. The third kappa shape index (κ3) is 5.45. The lowest BCUT2D eigenvalue weighted by Gasteiger charge is -2.31. The van der Waals surface area contributed by atoms with Gasteiger partial charge in [0, 0.05) is 24.8 Å². The lowest BCUT2D eigenvalue weighted by molar-refractivity contribution is 0.0856. The Labute approximate surface area is 169 Å². The van der Waals surface area contributed by atoms with Crippen LogP contribution in [0.5, 0.6) is 0 Å². The molecule has 29 heavy (non-hydrogen) atoms. The summed E-state index contributed by atoms with van der Waals surface area (Å²) in [7, 11) is 0. The summed E-state index contributed by atoms with van der Waals surface area (Å²) in [5.74, 6) is -0.238. The molecule has 1 aliphatic heterocycles. The van der Waals surface area contributed by atoms with Crippen LogP contribution in [0.25, 0.3) is 0 Å². The molecule has 3 rings (SSSR count). The summed E-state index contributed by atoms with van der Waals surface area (Å²) in [4.78, 5) is 30.1. The molecule has 1 fully saturated rings. The SMILES string of the molecule is CCOC(=O)N1CCC(NC(=O)c2ccc(Nc3cccc(C#N)c3)cn2)CC1. The highest BCUT2D eigenvalue weighted by molar-refractivity contribution is 5.92. The molecule has 150 valence electrons. The predicted octanol–water partition coefficient (Wildman–Crippen LogP) is 3.05. The van der Waals surface area contributed by atoms with E-state index < -0.39 is 0 Å². The van der Waals surface area contributed by atoms with E-state index in [0.29, 0.717) is 43.8 Å². The summed E-state index contributed by atoms with van der Waals surface area (Å²) >= 11 is 0. The summed E-state index contributed by atoms with van der Waals surface area (Å²) in [6.07, 6.45) is 2.64. The standard InChI is InChI=1S/C21H23N5O3/c1-2-29-21(28)26-10-8-16(9-11-26)25-20(27)19-7-6-18(14-23-19)24-17-5-3-4-15(12-17)13-22/h3-7,12,14,16,24H,2,8-11H2,1H3,(H,25,27). The van der Waals surface area contributed by atoms with Crippen LogP contribution in [-0.4, -0.2) is 47.6 Å². The third-order valence-electron chi connectivity index (χ3n) is 4.63. The Bertz CT molecular complexity index is 899. The van der Waals surface area contributed by atoms with Gasteiger partial charge in [0.25, 0.3) is 5.91 Å². The monoisotopic (exact) mass is 393 g/mol. The number of nitriles is 1. The van der Waals surface area contributed by atoms with Crippen molar-refractivity contribution in [3.05, 3.63) is 53.9 Å². The number of nitrogens with zero attached hydrogens (tertiary/aromatic N) is 3. The quantitative estimate of drug-likeness (QED) is 0.808. The smallest absolute Gasteiger partial charge is 0.409 e. The summed E-state index contributed by atoms with van der Waals surface area (Å²) in [5.41, 5.74) is 2.39. The number of nitrogens with one attached hydrogen (secondary N) is 2. The lowest BCUT2D eigenvalue weighted by atomic mass is 10.1. The molecular weight excluding hydrogens is 370 g/mol. The first-order valence-electron chi connectivity index (χ1n) is 9.55. The van der Waals surface area contributed by atoms with Crippen LogP contribution in [0.15, 0.2) is 42.6 Å². The van der Waals surface area contributed by atoms with E-state index in [1.54, 1.807) is 48.4 Å². The van der Waals surface area contributed by atoms with E-state index >= 15 is 0 Å². The number of hydrogen-bond donors (Lipinski definition) is 2. The van der Waals surface area contributed by atoms with Crippen molar-refractivity contribution in [2.24, 2.45) is 0 Å². The topological polar surface area (TPSA) is 107 Å². The number of benzene rings is 1. The Balaban J connectivity index is 1.52. The molecule has 0 unspecified atom stereocenters. The van der Waals surface area contributed by atoms with Crippen LogP contribution in [0, 0.1) is 11.3 Å². The van der Waals surface area contributed by atoms with Crippen LogP contribution < -0.4 is 10.6 Å². The van der Waals surface area contributed by atoms with Gasteiger partial charge in [-0.15, -0.1) is 0 Å². The predicted molar refractivity (Wildman–Crippen MR) is 108 cm³/mol. The maximum atomic E-state index is 12.4. The zero-order valence-corrected chi connectivity index (χ0v) is 16.2. The molecule has 2 aromatic rings. The number of carbonyl (C=O) groups is 2. The van der Waals surface area contributed by atoms with Crippen molar-refractivity contribution in [1.82, 2.24) is 15.2 Å². The molecule has 1 aromatic heterocycles. The van der Waals surface area contributed by atoms with Gasteiger partial charge in [-0.25, -0.2) is 9.78 Å². The van der Waals surface area contributed by atoms with E-state index in [4.69, 9.17) is 10.00 Å². The molecule has 0 bridgehead atoms. The third-order valence-corrected chi connectivity index (χ3v) is 4.63. The summed E-state index contributed by atoms with van der Waals surface area (Å²) in [6.45, 7) is 3.25. The maximum absolute atomic E-state index is 12.4. The number of rotatable bonds is 5. The number of likely N-dealkylation sites (tertiary alicyclic amines) is 1. The van der Waals surface area contributed by atoms with Gasteiger partial charge in [0.1, 0.15) is 5.69 Å². The van der Waals surface area contributed by atoms with Gasteiger partial charge in [-0.2, -0.15) is 5.26 Å². The molecule has 2 amide bonds. The van der Waals surface area contributed by atoms with Crippen LogP contribution >= 0.6 is 0 Å². The van der Waals surface area contributed by atoms with E-state index in [9.17, 15) is 9.59 Å². The minimum atomic E-state index is -0.303. The molecule has 8 heteroatoms. The Morgan fingerprint density at radius 3 is 2.69 bits per heavy atom. The molecule has 0 spiro atoms. The van der Waals surface area contributed by atoms with Gasteiger partial charge in [0.05, 0.1) is 30.1 Å². The molecule has 0 aliphatic carbocycles. The van der Waals surface area contributed by atoms with E-state index in [2.05, 4.69) is 21.7 Å². The highest BCUT2D eigenvalue weighted by Crippen LogP contribution is 2.17. The van der Waals surface area contributed by atoms with Gasteiger partial charge in [0.2, 0.25) is 0 Å². The van der Waals surface area contributed by atoms with Crippen molar-refractivity contribution in [1.29, 1.82) is 5.26 Å². The van der Waals surface area contributed by atoms with E-state index in [-0.39, 0.29) is 18.0 Å². The van der Waals surface area contributed by atoms with Crippen molar-refractivity contribution < 1.29 is 14.3 Å². The maximum Gasteiger partial charge on any atom is 0.409 e. The Morgan fingerprint density at radius 1 is 1.24 bits per heavy atom. The molecule has 2 N–H and O–H groups in total. The fourth-order valence-electron chi connectivity index (χ4n) is 3.12. The van der Waals surface area contributed by atoms with E-state index in [1.807, 2.05) is 6.07 Å². The van der Waals surface area contributed by atoms with E-state index in [1.165, 1.54) is 0 Å². The molecule has 1 aliphatic rings. The van der Waals surface area contributed by atoms with Crippen LogP contribution in [0.3, 0.4) is 0 Å². The molecule has 1 aromatic carbocycles. The average Bonchev–Trinajstić information content (AvgIpc) is 2.75.